The summed E-state index contributed by atoms with van der Waals surface area (Å²) in [5, 5.41) is 8.09. The molecule has 5 nitrogen and oxygen atoms in total. The predicted octanol–water partition coefficient (Wildman–Crippen LogP) is 4.65. The number of carbonyl (C=O) groups is 1. The first-order chi connectivity index (χ1) is 12.7. The zero-order valence-corrected chi connectivity index (χ0v) is 15.3. The van der Waals surface area contributed by atoms with Crippen LogP contribution >= 0.6 is 11.8 Å². The van der Waals surface area contributed by atoms with Crippen molar-refractivity contribution in [3.05, 3.63) is 66.5 Å². The van der Waals surface area contributed by atoms with Crippen LogP contribution in [0.4, 0.5) is 5.82 Å². The third kappa shape index (κ3) is 3.65. The Hall–Kier alpha value is -2.60. The fraction of sp³-hybridized carbons (Fsp3) is 0.250. The molecule has 6 heteroatoms. The molecule has 1 amide bonds. The molecule has 1 aliphatic rings. The van der Waals surface area contributed by atoms with E-state index in [0.29, 0.717) is 22.5 Å². The quantitative estimate of drug-likeness (QED) is 0.691. The average Bonchev–Trinajstić information content (AvgIpc) is 3.42. The Labute approximate surface area is 156 Å². The van der Waals surface area contributed by atoms with Crippen LogP contribution in [-0.2, 0) is 0 Å². The van der Waals surface area contributed by atoms with Gasteiger partial charge in [-0.3, -0.25) is 4.79 Å². The smallest absolute Gasteiger partial charge is 0.259 e. The second kappa shape index (κ2) is 7.33. The largest absolute Gasteiger partial charge is 0.307 e. The molecule has 26 heavy (non-hydrogen) atoms. The lowest BCUT2D eigenvalue weighted by Crippen LogP contribution is -2.19. The maximum Gasteiger partial charge on any atom is 0.259 e. The van der Waals surface area contributed by atoms with Gasteiger partial charge in [-0.15, -0.1) is 0 Å². The summed E-state index contributed by atoms with van der Waals surface area (Å²) >= 11 is 1.49. The van der Waals surface area contributed by atoms with E-state index in [4.69, 9.17) is 0 Å². The van der Waals surface area contributed by atoms with Crippen LogP contribution in [0.5, 0.6) is 0 Å². The SMILES string of the molecule is C[C@@H](C1CC1)n1nccc1NC(=O)c1cccnc1Sc1ccccc1. The lowest BCUT2D eigenvalue weighted by atomic mass is 10.2. The van der Waals surface area contributed by atoms with Crippen LogP contribution in [0.2, 0.25) is 0 Å². The van der Waals surface area contributed by atoms with Gasteiger partial charge in [0.1, 0.15) is 10.8 Å². The summed E-state index contributed by atoms with van der Waals surface area (Å²) < 4.78 is 1.91. The van der Waals surface area contributed by atoms with E-state index in [1.54, 1.807) is 24.5 Å². The number of anilines is 1. The summed E-state index contributed by atoms with van der Waals surface area (Å²) in [6, 6.07) is 15.7. The number of amides is 1. The van der Waals surface area contributed by atoms with Crippen molar-refractivity contribution in [2.45, 2.75) is 35.7 Å². The number of rotatable bonds is 6. The normalized spacial score (nSPS) is 14.8. The molecule has 132 valence electrons. The summed E-state index contributed by atoms with van der Waals surface area (Å²) in [4.78, 5) is 18.3. The number of nitrogens with zero attached hydrogens (tertiary/aromatic N) is 3. The van der Waals surface area contributed by atoms with Gasteiger partial charge in [0.2, 0.25) is 0 Å². The molecule has 0 aliphatic heterocycles. The Bertz CT molecular complexity index is 905. The molecule has 2 aromatic heterocycles. The van der Waals surface area contributed by atoms with Crippen LogP contribution in [0.1, 0.15) is 36.2 Å². The molecular formula is C20H20N4OS. The third-order valence-corrected chi connectivity index (χ3v) is 5.60. The van der Waals surface area contributed by atoms with E-state index in [0.717, 1.165) is 10.7 Å². The zero-order valence-electron chi connectivity index (χ0n) is 14.5. The molecule has 3 aromatic rings. The summed E-state index contributed by atoms with van der Waals surface area (Å²) in [5.41, 5.74) is 0.563. The molecule has 4 rings (SSSR count). The number of pyridine rings is 1. The highest BCUT2D eigenvalue weighted by molar-refractivity contribution is 7.99. The minimum atomic E-state index is -0.165. The van der Waals surface area contributed by atoms with Gasteiger partial charge < -0.3 is 5.32 Å². The number of nitrogens with one attached hydrogen (secondary N) is 1. The monoisotopic (exact) mass is 364 g/mol. The van der Waals surface area contributed by atoms with Gasteiger partial charge in [0.25, 0.3) is 5.91 Å². The Morgan fingerprint density at radius 3 is 2.73 bits per heavy atom. The molecule has 1 atom stereocenters. The highest BCUT2D eigenvalue weighted by Gasteiger charge is 2.31. The summed E-state index contributed by atoms with van der Waals surface area (Å²) in [6.07, 6.45) is 5.91. The highest BCUT2D eigenvalue weighted by Crippen LogP contribution is 2.40. The Morgan fingerprint density at radius 2 is 1.96 bits per heavy atom. The molecule has 2 heterocycles. The minimum absolute atomic E-state index is 0.165. The van der Waals surface area contributed by atoms with Crippen molar-refractivity contribution in [1.29, 1.82) is 0 Å². The second-order valence-corrected chi connectivity index (χ2v) is 7.53. The summed E-state index contributed by atoms with van der Waals surface area (Å²) in [7, 11) is 0. The Balaban J connectivity index is 1.55. The molecule has 1 fully saturated rings. The molecular weight excluding hydrogens is 344 g/mol. The molecule has 1 aromatic carbocycles. The number of benzene rings is 1. The lowest BCUT2D eigenvalue weighted by Gasteiger charge is -2.16. The van der Waals surface area contributed by atoms with Gasteiger partial charge in [0, 0.05) is 17.2 Å². The number of hydrogen-bond donors (Lipinski definition) is 1. The number of hydrogen-bond acceptors (Lipinski definition) is 4. The Morgan fingerprint density at radius 1 is 1.15 bits per heavy atom. The van der Waals surface area contributed by atoms with Gasteiger partial charge >= 0.3 is 0 Å². The first-order valence-electron chi connectivity index (χ1n) is 8.75. The Kier molecular flexibility index (Phi) is 4.75. The van der Waals surface area contributed by atoms with Crippen molar-refractivity contribution in [3.63, 3.8) is 0 Å². The van der Waals surface area contributed by atoms with Crippen molar-refractivity contribution >= 4 is 23.5 Å². The van der Waals surface area contributed by atoms with Gasteiger partial charge in [-0.2, -0.15) is 5.10 Å². The highest BCUT2D eigenvalue weighted by atomic mass is 32.2. The van der Waals surface area contributed by atoms with Gasteiger partial charge in [-0.05, 0) is 49.9 Å². The van der Waals surface area contributed by atoms with Crippen LogP contribution in [0.15, 0.2) is 70.8 Å². The molecule has 1 aliphatic carbocycles. The summed E-state index contributed by atoms with van der Waals surface area (Å²) in [6.45, 7) is 2.15. The first kappa shape index (κ1) is 16.8. The van der Waals surface area contributed by atoms with Crippen LogP contribution in [0, 0.1) is 5.92 Å². The predicted molar refractivity (Wildman–Crippen MR) is 102 cm³/mol. The molecule has 0 saturated heterocycles. The van der Waals surface area contributed by atoms with Gasteiger partial charge in [-0.25, -0.2) is 9.67 Å². The number of aromatic nitrogens is 3. The van der Waals surface area contributed by atoms with Crippen molar-refractivity contribution in [2.75, 3.05) is 5.32 Å². The van der Waals surface area contributed by atoms with Gasteiger partial charge in [0.05, 0.1) is 17.8 Å². The van der Waals surface area contributed by atoms with Gasteiger partial charge in [-0.1, -0.05) is 30.0 Å². The third-order valence-electron chi connectivity index (χ3n) is 4.58. The van der Waals surface area contributed by atoms with E-state index in [9.17, 15) is 4.79 Å². The molecule has 1 N–H and O–H groups in total. The van der Waals surface area contributed by atoms with Gasteiger partial charge in [0.15, 0.2) is 0 Å². The van der Waals surface area contributed by atoms with Crippen molar-refractivity contribution in [2.24, 2.45) is 5.92 Å². The first-order valence-corrected chi connectivity index (χ1v) is 9.57. The van der Waals surface area contributed by atoms with Crippen LogP contribution < -0.4 is 5.32 Å². The molecule has 0 radical (unpaired) electrons. The fourth-order valence-electron chi connectivity index (χ4n) is 2.94. The van der Waals surface area contributed by atoms with Crippen molar-refractivity contribution in [1.82, 2.24) is 14.8 Å². The van der Waals surface area contributed by atoms with Crippen LogP contribution in [0.25, 0.3) is 0 Å². The minimum Gasteiger partial charge on any atom is -0.307 e. The molecule has 0 spiro atoms. The molecule has 0 bridgehead atoms. The average molecular weight is 364 g/mol. The van der Waals surface area contributed by atoms with E-state index in [2.05, 4.69) is 22.3 Å². The number of carbonyl (C=O) groups excluding carboxylic acids is 1. The zero-order chi connectivity index (χ0) is 17.9. The van der Waals surface area contributed by atoms with E-state index >= 15 is 0 Å². The van der Waals surface area contributed by atoms with Crippen molar-refractivity contribution < 1.29 is 4.79 Å². The van der Waals surface area contributed by atoms with E-state index < -0.39 is 0 Å². The maximum atomic E-state index is 12.9. The second-order valence-electron chi connectivity index (χ2n) is 6.46. The van der Waals surface area contributed by atoms with Crippen LogP contribution in [0.3, 0.4) is 0 Å². The van der Waals surface area contributed by atoms with E-state index in [1.165, 1.54) is 24.6 Å². The topological polar surface area (TPSA) is 59.8 Å². The molecule has 0 unspecified atom stereocenters. The standard InChI is InChI=1S/C20H20N4OS/c1-14(15-9-10-15)24-18(11-13-22-24)23-19(25)17-8-5-12-21-20(17)26-16-6-3-2-4-7-16/h2-8,11-15H,9-10H2,1H3,(H,23,25)/t14-/m0/s1. The van der Waals surface area contributed by atoms with Crippen molar-refractivity contribution in [3.8, 4) is 0 Å². The maximum absolute atomic E-state index is 12.9. The van der Waals surface area contributed by atoms with E-state index in [1.807, 2.05) is 41.1 Å². The summed E-state index contributed by atoms with van der Waals surface area (Å²) in [5.74, 6) is 1.23. The molecule has 1 saturated carbocycles. The van der Waals surface area contributed by atoms with E-state index in [-0.39, 0.29) is 5.91 Å². The fourth-order valence-corrected chi connectivity index (χ4v) is 3.85. The lowest BCUT2D eigenvalue weighted by molar-refractivity contribution is 0.102. The van der Waals surface area contributed by atoms with Crippen LogP contribution in [-0.4, -0.2) is 20.7 Å².